The van der Waals surface area contributed by atoms with Crippen molar-refractivity contribution in [2.45, 2.75) is 6.42 Å². The molecule has 2 N–H and O–H groups in total. The van der Waals surface area contributed by atoms with E-state index in [0.29, 0.717) is 5.82 Å². The Kier molecular flexibility index (Phi) is 4.99. The maximum atomic E-state index is 5.62. The summed E-state index contributed by atoms with van der Waals surface area (Å²) in [6.07, 6.45) is 3.12. The van der Waals surface area contributed by atoms with Crippen molar-refractivity contribution in [3.63, 3.8) is 0 Å². The Balaban J connectivity index is 1.74. The first kappa shape index (κ1) is 14.1. The van der Waals surface area contributed by atoms with Gasteiger partial charge in [-0.2, -0.15) is 0 Å². The van der Waals surface area contributed by atoms with E-state index < -0.39 is 0 Å². The summed E-state index contributed by atoms with van der Waals surface area (Å²) in [7, 11) is 4.26. The summed E-state index contributed by atoms with van der Waals surface area (Å²) in [6, 6.07) is 3.93. The van der Waals surface area contributed by atoms with Crippen molar-refractivity contribution >= 4 is 11.5 Å². The van der Waals surface area contributed by atoms with E-state index in [4.69, 9.17) is 5.73 Å². The highest BCUT2D eigenvalue weighted by atomic mass is 15.3. The molecule has 0 spiro atoms. The highest BCUT2D eigenvalue weighted by Gasteiger charge is 2.16. The van der Waals surface area contributed by atoms with Gasteiger partial charge in [-0.15, -0.1) is 0 Å². The van der Waals surface area contributed by atoms with E-state index in [0.717, 1.165) is 26.2 Å². The van der Waals surface area contributed by atoms with Crippen LogP contribution >= 0.6 is 0 Å². The number of nitrogens with zero attached hydrogens (tertiary/aromatic N) is 4. The fraction of sp³-hybridized carbons (Fsp3) is 0.643. The Morgan fingerprint density at radius 3 is 2.53 bits per heavy atom. The van der Waals surface area contributed by atoms with Gasteiger partial charge in [0.1, 0.15) is 5.82 Å². The lowest BCUT2D eigenvalue weighted by Crippen LogP contribution is -2.47. The van der Waals surface area contributed by atoms with Gasteiger partial charge in [0.15, 0.2) is 0 Å². The molecular weight excluding hydrogens is 238 g/mol. The Hall–Kier alpha value is -1.33. The van der Waals surface area contributed by atoms with E-state index in [1.54, 1.807) is 0 Å². The average Bonchev–Trinajstić information content (AvgIpc) is 2.40. The van der Waals surface area contributed by atoms with Crippen molar-refractivity contribution in [1.82, 2.24) is 14.8 Å². The first-order valence-corrected chi connectivity index (χ1v) is 6.99. The number of hydrogen-bond donors (Lipinski definition) is 1. The van der Waals surface area contributed by atoms with Gasteiger partial charge in [-0.25, -0.2) is 4.98 Å². The molecule has 19 heavy (non-hydrogen) atoms. The molecule has 2 heterocycles. The number of anilines is 2. The van der Waals surface area contributed by atoms with Crippen LogP contribution in [0.25, 0.3) is 0 Å². The first-order chi connectivity index (χ1) is 9.15. The maximum Gasteiger partial charge on any atom is 0.123 e. The summed E-state index contributed by atoms with van der Waals surface area (Å²) < 4.78 is 0. The molecule has 1 aliphatic heterocycles. The van der Waals surface area contributed by atoms with Gasteiger partial charge in [0, 0.05) is 26.2 Å². The Labute approximate surface area is 116 Å². The van der Waals surface area contributed by atoms with E-state index in [-0.39, 0.29) is 0 Å². The summed E-state index contributed by atoms with van der Waals surface area (Å²) in [5.74, 6) is 0.589. The lowest BCUT2D eigenvalue weighted by Gasteiger charge is -2.36. The van der Waals surface area contributed by atoms with Crippen LogP contribution in [0.2, 0.25) is 0 Å². The molecule has 1 aromatic rings. The third-order valence-electron chi connectivity index (χ3n) is 3.59. The predicted molar refractivity (Wildman–Crippen MR) is 80.5 cm³/mol. The fourth-order valence-electron chi connectivity index (χ4n) is 2.42. The molecule has 1 aromatic heterocycles. The summed E-state index contributed by atoms with van der Waals surface area (Å²) in [5, 5.41) is 0. The van der Waals surface area contributed by atoms with Gasteiger partial charge in [-0.1, -0.05) is 0 Å². The summed E-state index contributed by atoms with van der Waals surface area (Å²) >= 11 is 0. The molecular formula is C14H25N5. The first-order valence-electron chi connectivity index (χ1n) is 6.99. The number of piperazine rings is 1. The molecule has 0 aliphatic carbocycles. The van der Waals surface area contributed by atoms with Crippen molar-refractivity contribution in [2.75, 3.05) is 64.0 Å². The van der Waals surface area contributed by atoms with Crippen LogP contribution in [-0.4, -0.2) is 68.1 Å². The van der Waals surface area contributed by atoms with Crippen molar-refractivity contribution in [3.05, 3.63) is 18.3 Å². The number of nitrogen functional groups attached to an aromatic ring is 1. The molecule has 0 amide bonds. The zero-order valence-electron chi connectivity index (χ0n) is 12.0. The van der Waals surface area contributed by atoms with Crippen LogP contribution in [0, 0.1) is 0 Å². The quantitative estimate of drug-likeness (QED) is 0.849. The van der Waals surface area contributed by atoms with E-state index in [1.807, 2.05) is 12.3 Å². The summed E-state index contributed by atoms with van der Waals surface area (Å²) in [6.45, 7) is 6.80. The molecule has 5 nitrogen and oxygen atoms in total. The van der Waals surface area contributed by atoms with Gasteiger partial charge in [0.05, 0.1) is 11.9 Å². The Morgan fingerprint density at radius 2 is 1.95 bits per heavy atom. The third kappa shape index (κ3) is 4.36. The van der Waals surface area contributed by atoms with E-state index in [2.05, 4.69) is 39.8 Å². The molecule has 1 fully saturated rings. The maximum absolute atomic E-state index is 5.62. The number of nitrogens with two attached hydrogens (primary N) is 1. The highest BCUT2D eigenvalue weighted by Crippen LogP contribution is 2.16. The van der Waals surface area contributed by atoms with Crippen LogP contribution in [0.4, 0.5) is 11.5 Å². The van der Waals surface area contributed by atoms with Crippen molar-refractivity contribution in [3.8, 4) is 0 Å². The van der Waals surface area contributed by atoms with Gasteiger partial charge >= 0.3 is 0 Å². The van der Waals surface area contributed by atoms with Crippen LogP contribution in [0.1, 0.15) is 6.42 Å². The average molecular weight is 263 g/mol. The molecule has 5 heteroatoms. The largest absolute Gasteiger partial charge is 0.384 e. The molecule has 0 aromatic carbocycles. The van der Waals surface area contributed by atoms with E-state index in [1.165, 1.54) is 25.2 Å². The SMILES string of the molecule is CN(C)CCCN1CCN(c2ccc(N)nc2)CC1. The van der Waals surface area contributed by atoms with Crippen LogP contribution in [0.5, 0.6) is 0 Å². The fourth-order valence-corrected chi connectivity index (χ4v) is 2.42. The standard InChI is InChI=1S/C14H25N5/c1-17(2)6-3-7-18-8-10-19(11-9-18)13-4-5-14(15)16-12-13/h4-5,12H,3,6-11H2,1-2H3,(H2,15,16). The zero-order valence-corrected chi connectivity index (χ0v) is 12.0. The van der Waals surface area contributed by atoms with E-state index in [9.17, 15) is 0 Å². The minimum absolute atomic E-state index is 0.589. The molecule has 106 valence electrons. The van der Waals surface area contributed by atoms with Gasteiger partial charge < -0.3 is 15.5 Å². The Morgan fingerprint density at radius 1 is 1.21 bits per heavy atom. The lowest BCUT2D eigenvalue weighted by atomic mass is 10.2. The van der Waals surface area contributed by atoms with E-state index >= 15 is 0 Å². The predicted octanol–water partition coefficient (Wildman–Crippen LogP) is 0.738. The molecule has 1 saturated heterocycles. The highest BCUT2D eigenvalue weighted by molar-refractivity contribution is 5.48. The van der Waals surface area contributed by atoms with Crippen molar-refractivity contribution in [2.24, 2.45) is 0 Å². The number of hydrogen-bond acceptors (Lipinski definition) is 5. The van der Waals surface area contributed by atoms with Gasteiger partial charge in [-0.3, -0.25) is 4.90 Å². The lowest BCUT2D eigenvalue weighted by molar-refractivity contribution is 0.242. The monoisotopic (exact) mass is 263 g/mol. The second-order valence-corrected chi connectivity index (χ2v) is 5.43. The van der Waals surface area contributed by atoms with Gasteiger partial charge in [0.25, 0.3) is 0 Å². The smallest absolute Gasteiger partial charge is 0.123 e. The molecule has 0 bridgehead atoms. The number of rotatable bonds is 5. The number of pyridine rings is 1. The zero-order chi connectivity index (χ0) is 13.7. The Bertz CT molecular complexity index is 368. The van der Waals surface area contributed by atoms with Gasteiger partial charge in [0.2, 0.25) is 0 Å². The minimum atomic E-state index is 0.589. The molecule has 1 aliphatic rings. The van der Waals surface area contributed by atoms with Crippen LogP contribution in [-0.2, 0) is 0 Å². The van der Waals surface area contributed by atoms with Crippen molar-refractivity contribution < 1.29 is 0 Å². The van der Waals surface area contributed by atoms with Crippen molar-refractivity contribution in [1.29, 1.82) is 0 Å². The van der Waals surface area contributed by atoms with Gasteiger partial charge in [-0.05, 0) is 45.7 Å². The molecule has 0 atom stereocenters. The molecule has 2 rings (SSSR count). The summed E-state index contributed by atoms with van der Waals surface area (Å²) in [4.78, 5) is 11.3. The van der Waals surface area contributed by atoms with Crippen LogP contribution in [0.15, 0.2) is 18.3 Å². The summed E-state index contributed by atoms with van der Waals surface area (Å²) in [5.41, 5.74) is 6.80. The molecule has 0 unspecified atom stereocenters. The normalized spacial score (nSPS) is 17.1. The van der Waals surface area contributed by atoms with Crippen LogP contribution < -0.4 is 10.6 Å². The van der Waals surface area contributed by atoms with Crippen LogP contribution in [0.3, 0.4) is 0 Å². The second kappa shape index (κ2) is 6.73. The third-order valence-corrected chi connectivity index (χ3v) is 3.59. The second-order valence-electron chi connectivity index (χ2n) is 5.43. The molecule has 0 radical (unpaired) electrons. The number of aromatic nitrogens is 1. The molecule has 0 saturated carbocycles. The topological polar surface area (TPSA) is 48.6 Å². The minimum Gasteiger partial charge on any atom is -0.384 e.